The molecule has 9 heteroatoms. The molecule has 0 amide bonds. The molecule has 0 bridgehead atoms. The van der Waals surface area contributed by atoms with Crippen LogP contribution < -0.4 is 0 Å². The summed E-state index contributed by atoms with van der Waals surface area (Å²) in [6.07, 6.45) is -2.21. The first-order chi connectivity index (χ1) is 25.4. The molecule has 52 heavy (non-hydrogen) atoms. The molecule has 1 fully saturated rings. The highest BCUT2D eigenvalue weighted by atomic mass is 16.9. The summed E-state index contributed by atoms with van der Waals surface area (Å²) in [5.41, 5.74) is 2.73. The summed E-state index contributed by atoms with van der Waals surface area (Å²) in [5.74, 6) is -4.43. The van der Waals surface area contributed by atoms with Crippen molar-refractivity contribution in [1.29, 1.82) is 0 Å². The van der Waals surface area contributed by atoms with E-state index in [1.54, 1.807) is 14.0 Å². The summed E-state index contributed by atoms with van der Waals surface area (Å²) in [5, 5.41) is 14.2. The monoisotopic (exact) mass is 705 g/mol. The second-order valence-corrected chi connectivity index (χ2v) is 12.9. The predicted octanol–water partition coefficient (Wildman–Crippen LogP) is 7.39. The van der Waals surface area contributed by atoms with Gasteiger partial charge in [0, 0.05) is 7.05 Å². The van der Waals surface area contributed by atoms with E-state index in [0.717, 1.165) is 27.8 Å². The highest BCUT2D eigenvalue weighted by Crippen LogP contribution is 2.50. The average molecular weight is 706 g/mol. The van der Waals surface area contributed by atoms with Gasteiger partial charge < -0.3 is 28.8 Å². The van der Waals surface area contributed by atoms with E-state index in [4.69, 9.17) is 33.3 Å². The van der Waals surface area contributed by atoms with Crippen molar-refractivity contribution >= 4 is 0 Å². The van der Waals surface area contributed by atoms with Gasteiger partial charge >= 0.3 is 5.97 Å². The molecule has 0 radical (unpaired) electrons. The number of nitrogens with zero attached hydrogens (tertiary/aromatic N) is 1. The standard InChI is InChI=1S/C43H47NO8/c1-41(49-31-36-23-13-6-14-24-36)39(47-29-34-19-9-4-10-20-34)40(48-30-35-21-11-5-12-22-35)42(52-43(41,45)44(2)46-3,50-32-37-25-15-7-16-26-37)51-33-38-27-17-8-18-28-38/h4-28,39-40,45H,29-33H2,1-3H3/t39-,40-,41+,43?/m0/s1. The van der Waals surface area contributed by atoms with E-state index in [0.29, 0.717) is 0 Å². The third kappa shape index (κ3) is 8.67. The van der Waals surface area contributed by atoms with E-state index in [2.05, 4.69) is 0 Å². The fraction of sp³-hybridized carbons (Fsp3) is 0.302. The van der Waals surface area contributed by atoms with Gasteiger partial charge in [0.05, 0.1) is 40.1 Å². The molecule has 6 rings (SSSR count). The third-order valence-corrected chi connectivity index (χ3v) is 9.29. The topological polar surface area (TPSA) is 88.1 Å². The molecule has 1 saturated heterocycles. The van der Waals surface area contributed by atoms with Crippen LogP contribution in [0.1, 0.15) is 34.7 Å². The maximum Gasteiger partial charge on any atom is 0.317 e. The SMILES string of the molecule is CON(C)C1(O)OC(OCc2ccccc2)(OCc2ccccc2)[C@@H](OCc2ccccc2)[C@H](OCc2ccccc2)[C@@]1(C)OCc1ccccc1. The predicted molar refractivity (Wildman–Crippen MR) is 196 cm³/mol. The molecule has 1 aliphatic rings. The van der Waals surface area contributed by atoms with Gasteiger partial charge in [0.1, 0.15) is 6.10 Å². The maximum atomic E-state index is 13.0. The van der Waals surface area contributed by atoms with Crippen LogP contribution in [-0.4, -0.2) is 54.0 Å². The van der Waals surface area contributed by atoms with E-state index < -0.39 is 29.7 Å². The normalized spacial score (nSPS) is 22.7. The molecule has 272 valence electrons. The summed E-state index contributed by atoms with van der Waals surface area (Å²) in [6.45, 7) is 2.26. The molecule has 1 N–H and O–H groups in total. The van der Waals surface area contributed by atoms with Gasteiger partial charge in [-0.05, 0) is 34.7 Å². The maximum absolute atomic E-state index is 13.0. The summed E-state index contributed by atoms with van der Waals surface area (Å²) < 4.78 is 40.9. The van der Waals surface area contributed by atoms with Crippen LogP contribution >= 0.6 is 0 Å². The first kappa shape index (κ1) is 37.5. The van der Waals surface area contributed by atoms with Gasteiger partial charge in [0.2, 0.25) is 0 Å². The first-order valence-electron chi connectivity index (χ1n) is 17.4. The molecule has 0 spiro atoms. The minimum absolute atomic E-state index is 0.0561. The Labute approximate surface area is 306 Å². The van der Waals surface area contributed by atoms with Gasteiger partial charge in [-0.25, -0.2) is 0 Å². The Balaban J connectivity index is 1.50. The highest BCUT2D eigenvalue weighted by molar-refractivity contribution is 5.19. The van der Waals surface area contributed by atoms with Gasteiger partial charge in [-0.2, -0.15) is 0 Å². The van der Waals surface area contributed by atoms with Crippen LogP contribution in [0.5, 0.6) is 0 Å². The highest BCUT2D eigenvalue weighted by Gasteiger charge is 2.73. The molecule has 1 unspecified atom stereocenters. The molecule has 5 aromatic carbocycles. The fourth-order valence-corrected chi connectivity index (χ4v) is 6.24. The number of benzene rings is 5. The van der Waals surface area contributed by atoms with E-state index in [1.807, 2.05) is 152 Å². The second kappa shape index (κ2) is 17.5. The van der Waals surface area contributed by atoms with Crippen LogP contribution in [0.25, 0.3) is 0 Å². The minimum atomic E-state index is -2.36. The Kier molecular flexibility index (Phi) is 12.6. The van der Waals surface area contributed by atoms with Crippen LogP contribution in [0.4, 0.5) is 0 Å². The number of rotatable bonds is 17. The lowest BCUT2D eigenvalue weighted by atomic mass is 9.84. The van der Waals surface area contributed by atoms with Gasteiger partial charge in [0.25, 0.3) is 5.91 Å². The lowest BCUT2D eigenvalue weighted by Crippen LogP contribution is -2.81. The van der Waals surface area contributed by atoms with Gasteiger partial charge in [-0.3, -0.25) is 9.57 Å². The van der Waals surface area contributed by atoms with Crippen molar-refractivity contribution in [1.82, 2.24) is 5.06 Å². The van der Waals surface area contributed by atoms with Crippen molar-refractivity contribution in [2.24, 2.45) is 0 Å². The summed E-state index contributed by atoms with van der Waals surface area (Å²) in [6, 6.07) is 48.6. The van der Waals surface area contributed by atoms with Crippen molar-refractivity contribution in [3.63, 3.8) is 0 Å². The van der Waals surface area contributed by atoms with E-state index in [9.17, 15) is 5.11 Å². The number of likely N-dealkylation sites (N-methyl/N-ethyl adjacent to an activating group) is 1. The summed E-state index contributed by atoms with van der Waals surface area (Å²) >= 11 is 0. The molecule has 0 aliphatic carbocycles. The Morgan fingerprint density at radius 1 is 0.519 bits per heavy atom. The Bertz CT molecular complexity index is 1720. The van der Waals surface area contributed by atoms with Gasteiger partial charge in [-0.1, -0.05) is 152 Å². The number of ether oxygens (including phenoxy) is 6. The van der Waals surface area contributed by atoms with Crippen LogP contribution in [0.2, 0.25) is 0 Å². The van der Waals surface area contributed by atoms with Crippen LogP contribution in [-0.2, 0) is 66.3 Å². The molecule has 0 aromatic heterocycles. The van der Waals surface area contributed by atoms with E-state index in [1.165, 1.54) is 12.2 Å². The van der Waals surface area contributed by atoms with Gasteiger partial charge in [-0.15, -0.1) is 5.06 Å². The van der Waals surface area contributed by atoms with E-state index in [-0.39, 0.29) is 33.0 Å². The number of hydrogen-bond acceptors (Lipinski definition) is 9. The van der Waals surface area contributed by atoms with Crippen LogP contribution in [0, 0.1) is 0 Å². The van der Waals surface area contributed by atoms with Crippen molar-refractivity contribution in [3.05, 3.63) is 179 Å². The van der Waals surface area contributed by atoms with E-state index >= 15 is 0 Å². The lowest BCUT2D eigenvalue weighted by Gasteiger charge is -2.60. The summed E-state index contributed by atoms with van der Waals surface area (Å²) in [4.78, 5) is 5.71. The quantitative estimate of drug-likeness (QED) is 0.0786. The van der Waals surface area contributed by atoms with Crippen LogP contribution in [0.15, 0.2) is 152 Å². The molecule has 1 heterocycles. The van der Waals surface area contributed by atoms with Crippen molar-refractivity contribution in [2.45, 2.75) is 69.7 Å². The molecule has 4 atom stereocenters. The van der Waals surface area contributed by atoms with Crippen molar-refractivity contribution < 1.29 is 38.4 Å². The number of hydrogen-bond donors (Lipinski definition) is 1. The zero-order valence-corrected chi connectivity index (χ0v) is 29.9. The van der Waals surface area contributed by atoms with Crippen molar-refractivity contribution in [2.75, 3.05) is 14.2 Å². The Morgan fingerprint density at radius 3 is 1.21 bits per heavy atom. The minimum Gasteiger partial charge on any atom is -0.367 e. The smallest absolute Gasteiger partial charge is 0.317 e. The Hall–Kier alpha value is -4.26. The fourth-order valence-electron chi connectivity index (χ4n) is 6.24. The largest absolute Gasteiger partial charge is 0.367 e. The first-order valence-corrected chi connectivity index (χ1v) is 17.4. The van der Waals surface area contributed by atoms with Crippen molar-refractivity contribution in [3.8, 4) is 0 Å². The zero-order valence-electron chi connectivity index (χ0n) is 29.9. The summed E-state index contributed by atoms with van der Waals surface area (Å²) in [7, 11) is 3.00. The lowest BCUT2D eigenvalue weighted by molar-refractivity contribution is -0.579. The zero-order chi connectivity index (χ0) is 36.3. The van der Waals surface area contributed by atoms with Gasteiger partial charge in [0.15, 0.2) is 11.7 Å². The molecular weight excluding hydrogens is 658 g/mol. The second-order valence-electron chi connectivity index (χ2n) is 12.9. The molecule has 1 aliphatic heterocycles. The average Bonchev–Trinajstić information content (AvgIpc) is 3.20. The molecule has 0 saturated carbocycles. The molecule has 5 aromatic rings. The molecule has 9 nitrogen and oxygen atoms in total. The number of hydroxylamine groups is 2. The molecular formula is C43H47NO8. The third-order valence-electron chi connectivity index (χ3n) is 9.29. The Morgan fingerprint density at radius 2 is 0.846 bits per heavy atom. The number of aliphatic hydroxyl groups is 1. The van der Waals surface area contributed by atoms with Crippen LogP contribution in [0.3, 0.4) is 0 Å².